The lowest BCUT2D eigenvalue weighted by Crippen LogP contribution is -2.48. The summed E-state index contributed by atoms with van der Waals surface area (Å²) in [5, 5.41) is 11.9. The number of aliphatic carboxylic acids is 1. The van der Waals surface area contributed by atoms with Crippen LogP contribution in [0.3, 0.4) is 0 Å². The lowest BCUT2D eigenvalue weighted by Gasteiger charge is -2.35. The van der Waals surface area contributed by atoms with Gasteiger partial charge in [0, 0.05) is 22.9 Å². The topological polar surface area (TPSA) is 154 Å². The first-order valence-corrected chi connectivity index (χ1v) is 11.8. The van der Waals surface area contributed by atoms with Gasteiger partial charge in [0.05, 0.1) is 35.4 Å². The van der Waals surface area contributed by atoms with Crippen molar-refractivity contribution in [1.29, 1.82) is 0 Å². The first-order valence-electron chi connectivity index (χ1n) is 11.8. The van der Waals surface area contributed by atoms with Crippen molar-refractivity contribution in [2.45, 2.75) is 44.9 Å². The lowest BCUT2D eigenvalue weighted by molar-refractivity contribution is -0.189. The third-order valence-electron chi connectivity index (χ3n) is 6.67. The maximum absolute atomic E-state index is 13.5. The van der Waals surface area contributed by atoms with Crippen molar-refractivity contribution >= 4 is 34.7 Å². The molecule has 2 aliphatic rings. The monoisotopic (exact) mass is 505 g/mol. The number of carboxylic acid groups (broad SMARTS) is 1. The predicted molar refractivity (Wildman–Crippen MR) is 128 cm³/mol. The molecule has 0 fully saturated rings. The fraction of sp³-hybridized carbons (Fsp3) is 0.308. The summed E-state index contributed by atoms with van der Waals surface area (Å²) in [5.74, 6) is -3.54. The molecule has 3 aromatic rings. The van der Waals surface area contributed by atoms with Gasteiger partial charge in [-0.1, -0.05) is 25.1 Å². The Morgan fingerprint density at radius 1 is 1.19 bits per heavy atom. The summed E-state index contributed by atoms with van der Waals surface area (Å²) < 4.78 is 12.5. The van der Waals surface area contributed by atoms with E-state index in [0.29, 0.717) is 17.9 Å². The molecule has 0 spiro atoms. The van der Waals surface area contributed by atoms with Crippen LogP contribution in [0.4, 0.5) is 0 Å². The minimum Gasteiger partial charge on any atom is -0.481 e. The number of hydrogen-bond acceptors (Lipinski definition) is 8. The number of cyclic esters (lactones) is 1. The summed E-state index contributed by atoms with van der Waals surface area (Å²) >= 11 is 0. The van der Waals surface area contributed by atoms with Crippen LogP contribution < -0.4 is 10.9 Å². The van der Waals surface area contributed by atoms with Gasteiger partial charge in [-0.3, -0.25) is 19.2 Å². The zero-order valence-electron chi connectivity index (χ0n) is 19.9. The Bertz CT molecular complexity index is 1540. The highest BCUT2D eigenvalue weighted by molar-refractivity contribution is 5.90. The van der Waals surface area contributed by atoms with E-state index in [1.165, 1.54) is 0 Å². The molecule has 37 heavy (non-hydrogen) atoms. The van der Waals surface area contributed by atoms with Gasteiger partial charge in [-0.2, -0.15) is 0 Å². The number of hydrogen-bond donors (Lipinski definition) is 2. The van der Waals surface area contributed by atoms with Crippen LogP contribution in [-0.2, 0) is 47.4 Å². The number of benzene rings is 1. The number of rotatable bonds is 7. The largest absolute Gasteiger partial charge is 0.481 e. The van der Waals surface area contributed by atoms with E-state index >= 15 is 0 Å². The summed E-state index contributed by atoms with van der Waals surface area (Å²) in [4.78, 5) is 66.4. The molecule has 1 aromatic carbocycles. The third kappa shape index (κ3) is 4.11. The van der Waals surface area contributed by atoms with E-state index in [1.807, 2.05) is 30.3 Å². The zero-order chi connectivity index (χ0) is 26.3. The van der Waals surface area contributed by atoms with Gasteiger partial charge in [0.15, 0.2) is 0 Å². The van der Waals surface area contributed by atoms with E-state index in [0.717, 1.165) is 16.5 Å². The minimum absolute atomic E-state index is 0.0154. The van der Waals surface area contributed by atoms with Crippen molar-refractivity contribution < 1.29 is 33.8 Å². The number of esters is 2. The number of para-hydroxylation sites is 1. The minimum atomic E-state index is -1.88. The average Bonchev–Trinajstić information content (AvgIpc) is 3.24. The zero-order valence-corrected chi connectivity index (χ0v) is 19.9. The van der Waals surface area contributed by atoms with Crippen molar-refractivity contribution in [3.8, 4) is 11.4 Å². The highest BCUT2D eigenvalue weighted by Crippen LogP contribution is 2.40. The highest BCUT2D eigenvalue weighted by Gasteiger charge is 2.50. The van der Waals surface area contributed by atoms with Gasteiger partial charge in [-0.05, 0) is 24.6 Å². The Balaban J connectivity index is 1.51. The summed E-state index contributed by atoms with van der Waals surface area (Å²) in [6, 6.07) is 11.2. The Morgan fingerprint density at radius 2 is 1.97 bits per heavy atom. The first kappa shape index (κ1) is 24.2. The molecule has 5 rings (SSSR count). The van der Waals surface area contributed by atoms with Crippen LogP contribution in [0.25, 0.3) is 22.3 Å². The molecule has 0 saturated carbocycles. The molecule has 11 heteroatoms. The second-order valence-corrected chi connectivity index (χ2v) is 8.90. The molecule has 1 atom stereocenters. The highest BCUT2D eigenvalue weighted by atomic mass is 16.6. The molecule has 1 amide bonds. The molecular formula is C26H23N3O8. The van der Waals surface area contributed by atoms with E-state index in [4.69, 9.17) is 19.6 Å². The van der Waals surface area contributed by atoms with Crippen molar-refractivity contribution in [1.82, 2.24) is 14.9 Å². The van der Waals surface area contributed by atoms with E-state index in [9.17, 15) is 24.0 Å². The standard InChI is InChI=1S/C26H23N3O8/c1-2-26(37-22(33)11-27-20(30)7-8-21(31)32)17-10-19-23-15(9-14-5-3-4-6-18(14)28-23)12-29(19)24(34)16(17)13-36-25(26)35/h3-6,9-10H,2,7-8,11-13H2,1H3,(H,27,30)(H,31,32)/t26-/m1/s1. The van der Waals surface area contributed by atoms with Gasteiger partial charge in [0.2, 0.25) is 11.5 Å². The fourth-order valence-electron chi connectivity index (χ4n) is 4.79. The lowest BCUT2D eigenvalue weighted by atomic mass is 9.85. The SMILES string of the molecule is CC[C@]1(OC(=O)CNC(=O)CCC(=O)O)C(=O)OCc2c1cc1n(c2=O)Cc2cc3ccccc3nc2-1. The number of ether oxygens (including phenoxy) is 2. The molecule has 4 heterocycles. The number of carbonyl (C=O) groups excluding carboxylic acids is 3. The Hall–Kier alpha value is -4.54. The van der Waals surface area contributed by atoms with Crippen LogP contribution in [0.1, 0.15) is 42.9 Å². The maximum atomic E-state index is 13.5. The van der Waals surface area contributed by atoms with Gasteiger partial charge in [0.1, 0.15) is 13.2 Å². The summed E-state index contributed by atoms with van der Waals surface area (Å²) in [6.45, 7) is 1.09. The predicted octanol–water partition coefficient (Wildman–Crippen LogP) is 1.61. The van der Waals surface area contributed by atoms with Gasteiger partial charge in [-0.25, -0.2) is 9.78 Å². The van der Waals surface area contributed by atoms with Gasteiger partial charge in [-0.15, -0.1) is 0 Å². The summed E-state index contributed by atoms with van der Waals surface area (Å²) in [5.41, 5.74) is 0.925. The molecule has 11 nitrogen and oxygen atoms in total. The average molecular weight is 505 g/mol. The Morgan fingerprint density at radius 3 is 2.73 bits per heavy atom. The molecule has 0 unspecified atom stereocenters. The van der Waals surface area contributed by atoms with Crippen molar-refractivity contribution in [2.24, 2.45) is 0 Å². The third-order valence-corrected chi connectivity index (χ3v) is 6.67. The van der Waals surface area contributed by atoms with Crippen LogP contribution in [-0.4, -0.2) is 45.0 Å². The molecular weight excluding hydrogens is 482 g/mol. The normalized spacial score (nSPS) is 17.4. The van der Waals surface area contributed by atoms with Crippen LogP contribution in [0, 0.1) is 0 Å². The van der Waals surface area contributed by atoms with Gasteiger partial charge >= 0.3 is 17.9 Å². The maximum Gasteiger partial charge on any atom is 0.355 e. The van der Waals surface area contributed by atoms with E-state index in [-0.39, 0.29) is 42.6 Å². The van der Waals surface area contributed by atoms with Crippen LogP contribution in [0.2, 0.25) is 0 Å². The van der Waals surface area contributed by atoms with Crippen molar-refractivity contribution in [3.05, 3.63) is 63.4 Å². The number of amides is 1. The number of aromatic nitrogens is 2. The van der Waals surface area contributed by atoms with Gasteiger partial charge in [0.25, 0.3) is 5.56 Å². The number of nitrogens with one attached hydrogen (secondary N) is 1. The summed E-state index contributed by atoms with van der Waals surface area (Å²) in [7, 11) is 0. The number of nitrogens with zero attached hydrogens (tertiary/aromatic N) is 2. The van der Waals surface area contributed by atoms with Crippen LogP contribution in [0.15, 0.2) is 41.2 Å². The van der Waals surface area contributed by atoms with Crippen molar-refractivity contribution in [2.75, 3.05) is 6.54 Å². The van der Waals surface area contributed by atoms with E-state index in [1.54, 1.807) is 17.6 Å². The summed E-state index contributed by atoms with van der Waals surface area (Å²) in [6.07, 6.45) is -0.714. The molecule has 2 aliphatic heterocycles. The van der Waals surface area contributed by atoms with Gasteiger partial charge < -0.3 is 24.5 Å². The number of carbonyl (C=O) groups is 4. The molecule has 0 aliphatic carbocycles. The fourth-order valence-corrected chi connectivity index (χ4v) is 4.79. The number of fused-ring (bicyclic) bond motifs is 5. The van der Waals surface area contributed by atoms with E-state index < -0.39 is 36.0 Å². The second-order valence-electron chi connectivity index (χ2n) is 8.90. The Labute approximate surface area is 210 Å². The smallest absolute Gasteiger partial charge is 0.355 e. The molecule has 190 valence electrons. The first-order chi connectivity index (χ1) is 17.7. The number of carboxylic acids is 1. The molecule has 2 aromatic heterocycles. The second kappa shape index (κ2) is 9.16. The number of pyridine rings is 2. The molecule has 0 radical (unpaired) electrons. The van der Waals surface area contributed by atoms with Crippen LogP contribution in [0.5, 0.6) is 0 Å². The van der Waals surface area contributed by atoms with Crippen LogP contribution >= 0.6 is 0 Å². The molecule has 2 N–H and O–H groups in total. The van der Waals surface area contributed by atoms with Crippen molar-refractivity contribution in [3.63, 3.8) is 0 Å². The molecule has 0 saturated heterocycles. The molecule has 0 bridgehead atoms. The Kier molecular flexibility index (Phi) is 5.98. The quantitative estimate of drug-likeness (QED) is 0.357. The van der Waals surface area contributed by atoms with E-state index in [2.05, 4.69) is 5.32 Å².